The number of thiophene rings is 1. The molecule has 0 radical (unpaired) electrons. The second-order valence-electron chi connectivity index (χ2n) is 16.0. The van der Waals surface area contributed by atoms with E-state index in [0.29, 0.717) is 0 Å². The Labute approximate surface area is 356 Å². The van der Waals surface area contributed by atoms with E-state index in [1.807, 2.05) is 11.3 Å². The van der Waals surface area contributed by atoms with Gasteiger partial charge in [-0.3, -0.25) is 0 Å². The van der Waals surface area contributed by atoms with Crippen LogP contribution in [-0.4, -0.2) is 4.57 Å². The van der Waals surface area contributed by atoms with Gasteiger partial charge in [-0.1, -0.05) is 152 Å². The fourth-order valence-electron chi connectivity index (χ4n) is 10.0. The summed E-state index contributed by atoms with van der Waals surface area (Å²) in [5.41, 5.74) is 9.37. The molecule has 0 saturated carbocycles. The van der Waals surface area contributed by atoms with Crippen molar-refractivity contribution in [2.45, 2.75) is 0 Å². The van der Waals surface area contributed by atoms with Gasteiger partial charge in [-0.15, -0.1) is 11.3 Å². The van der Waals surface area contributed by atoms with Crippen LogP contribution in [-0.2, 0) is 0 Å². The van der Waals surface area contributed by atoms with Crippen LogP contribution in [0, 0.1) is 0 Å². The molecule has 0 aliphatic heterocycles. The van der Waals surface area contributed by atoms with Crippen LogP contribution in [0.25, 0.3) is 102 Å². The van der Waals surface area contributed by atoms with E-state index in [1.54, 1.807) is 0 Å². The Morgan fingerprint density at radius 2 is 1.00 bits per heavy atom. The zero-order valence-electron chi connectivity index (χ0n) is 33.1. The maximum Gasteiger partial charge on any atom is 0.0554 e. The van der Waals surface area contributed by atoms with Gasteiger partial charge in [0, 0.05) is 48.0 Å². The molecule has 61 heavy (non-hydrogen) atoms. The average Bonchev–Trinajstić information content (AvgIpc) is 3.89. The largest absolute Gasteiger partial charge is 0.310 e. The molecule has 11 aromatic carbocycles. The van der Waals surface area contributed by atoms with Crippen LogP contribution in [0.3, 0.4) is 0 Å². The molecule has 0 aliphatic carbocycles. The topological polar surface area (TPSA) is 8.17 Å². The van der Waals surface area contributed by atoms with Gasteiger partial charge in [-0.05, 0) is 121 Å². The van der Waals surface area contributed by atoms with E-state index in [0.717, 1.165) is 17.1 Å². The van der Waals surface area contributed by atoms with E-state index in [2.05, 4.69) is 228 Å². The highest BCUT2D eigenvalue weighted by atomic mass is 32.1. The van der Waals surface area contributed by atoms with E-state index < -0.39 is 0 Å². The minimum Gasteiger partial charge on any atom is -0.310 e. The van der Waals surface area contributed by atoms with Crippen molar-refractivity contribution in [3.05, 3.63) is 218 Å². The van der Waals surface area contributed by atoms with Gasteiger partial charge in [-0.25, -0.2) is 0 Å². The van der Waals surface area contributed by atoms with E-state index >= 15 is 0 Å². The molecule has 0 bridgehead atoms. The minimum absolute atomic E-state index is 1.11. The third kappa shape index (κ3) is 5.21. The maximum absolute atomic E-state index is 2.49. The highest BCUT2D eigenvalue weighted by molar-refractivity contribution is 7.26. The molecule has 2 nitrogen and oxygen atoms in total. The molecule has 0 aliphatic rings. The lowest BCUT2D eigenvalue weighted by Crippen LogP contribution is -2.10. The monoisotopic (exact) mass is 792 g/mol. The Morgan fingerprint density at radius 1 is 0.361 bits per heavy atom. The van der Waals surface area contributed by atoms with Crippen molar-refractivity contribution in [1.29, 1.82) is 0 Å². The summed E-state index contributed by atoms with van der Waals surface area (Å²) in [6.45, 7) is 0. The number of anilines is 3. The number of hydrogen-bond acceptors (Lipinski definition) is 2. The molecule has 13 rings (SSSR count). The van der Waals surface area contributed by atoms with E-state index in [4.69, 9.17) is 0 Å². The third-order valence-electron chi connectivity index (χ3n) is 12.7. The number of fused-ring (bicyclic) bond motifs is 13. The standard InChI is InChI=1S/C58H36N2S/c1-2-16-41(17-3-1)60-52-34-31-43(36-51(52)56-45-19-8-4-13-37(45)28-33-54(56)60)59(53-23-12-24-55-57(53)49-32-27-38-14-5-9-20-46(38)58(49)61-55)42-29-25-39(26-30-42)50-35-40-15-6-7-18-44(40)47-21-10-11-22-48(47)50/h1-36H. The zero-order valence-corrected chi connectivity index (χ0v) is 33.9. The van der Waals surface area contributed by atoms with Crippen LogP contribution in [0.2, 0.25) is 0 Å². The van der Waals surface area contributed by atoms with Gasteiger partial charge in [0.25, 0.3) is 0 Å². The summed E-state index contributed by atoms with van der Waals surface area (Å²) >= 11 is 1.89. The lowest BCUT2D eigenvalue weighted by molar-refractivity contribution is 1.18. The van der Waals surface area contributed by atoms with Crippen molar-refractivity contribution in [2.75, 3.05) is 4.90 Å². The molecular weight excluding hydrogens is 757 g/mol. The van der Waals surface area contributed by atoms with E-state index in [9.17, 15) is 0 Å². The summed E-state index contributed by atoms with van der Waals surface area (Å²) in [7, 11) is 0. The smallest absolute Gasteiger partial charge is 0.0554 e. The summed E-state index contributed by atoms with van der Waals surface area (Å²) in [6, 6.07) is 80.5. The van der Waals surface area contributed by atoms with Crippen LogP contribution in [0.4, 0.5) is 17.1 Å². The number of para-hydroxylation sites is 1. The van der Waals surface area contributed by atoms with Crippen LogP contribution in [0.1, 0.15) is 0 Å². The first kappa shape index (κ1) is 34.2. The Kier molecular flexibility index (Phi) is 7.51. The van der Waals surface area contributed by atoms with Gasteiger partial charge in [0.15, 0.2) is 0 Å². The summed E-state index contributed by atoms with van der Waals surface area (Å²) in [4.78, 5) is 2.49. The SMILES string of the molecule is c1ccc(-n2c3ccc(N(c4ccc(-c5cc6ccccc6c6ccccc56)cc4)c4cccc5sc6c7ccccc7ccc6c45)cc3c3c4ccccc4ccc32)cc1. The number of aromatic nitrogens is 1. The maximum atomic E-state index is 2.49. The van der Waals surface area contributed by atoms with Gasteiger partial charge in [0.1, 0.15) is 0 Å². The number of rotatable bonds is 5. The van der Waals surface area contributed by atoms with Crippen molar-refractivity contribution < 1.29 is 0 Å². The Bertz CT molecular complexity index is 3880. The average molecular weight is 793 g/mol. The zero-order chi connectivity index (χ0) is 40.0. The molecule has 3 heteroatoms. The molecule has 2 heterocycles. The molecule has 0 N–H and O–H groups in total. The Morgan fingerprint density at radius 3 is 1.82 bits per heavy atom. The normalized spacial score (nSPS) is 11.9. The van der Waals surface area contributed by atoms with Crippen LogP contribution in [0.15, 0.2) is 218 Å². The molecule has 0 saturated heterocycles. The summed E-state index contributed by atoms with van der Waals surface area (Å²) in [6.07, 6.45) is 0. The predicted molar refractivity (Wildman–Crippen MR) is 264 cm³/mol. The van der Waals surface area contributed by atoms with E-state index in [-0.39, 0.29) is 0 Å². The second-order valence-corrected chi connectivity index (χ2v) is 17.1. The summed E-state index contributed by atoms with van der Waals surface area (Å²) < 4.78 is 5.03. The number of hydrogen-bond donors (Lipinski definition) is 0. The first-order valence-electron chi connectivity index (χ1n) is 20.9. The van der Waals surface area contributed by atoms with Gasteiger partial charge < -0.3 is 9.47 Å². The Balaban J connectivity index is 1.08. The fourth-order valence-corrected chi connectivity index (χ4v) is 11.3. The van der Waals surface area contributed by atoms with Gasteiger partial charge in [-0.2, -0.15) is 0 Å². The van der Waals surface area contributed by atoms with Gasteiger partial charge in [0.05, 0.1) is 16.7 Å². The first-order valence-corrected chi connectivity index (χ1v) is 21.7. The van der Waals surface area contributed by atoms with E-state index in [1.165, 1.54) is 102 Å². The molecule has 13 aromatic rings. The predicted octanol–water partition coefficient (Wildman–Crippen LogP) is 16.9. The number of benzene rings is 11. The van der Waals surface area contributed by atoms with Crippen LogP contribution in [0.5, 0.6) is 0 Å². The summed E-state index contributed by atoms with van der Waals surface area (Å²) in [5.74, 6) is 0. The molecule has 0 amide bonds. The summed E-state index contributed by atoms with van der Waals surface area (Å²) in [5, 5.41) is 15.2. The molecule has 0 atom stereocenters. The Hall–Kier alpha value is -7.72. The molecule has 0 spiro atoms. The van der Waals surface area contributed by atoms with Gasteiger partial charge in [0.2, 0.25) is 0 Å². The van der Waals surface area contributed by atoms with Crippen molar-refractivity contribution in [1.82, 2.24) is 4.57 Å². The third-order valence-corrected chi connectivity index (χ3v) is 13.9. The molecular formula is C58H36N2S. The highest BCUT2D eigenvalue weighted by Crippen LogP contribution is 2.48. The van der Waals surface area contributed by atoms with Crippen molar-refractivity contribution in [2.24, 2.45) is 0 Å². The highest BCUT2D eigenvalue weighted by Gasteiger charge is 2.22. The quantitative estimate of drug-likeness (QED) is 0.158. The van der Waals surface area contributed by atoms with Crippen molar-refractivity contribution in [3.8, 4) is 16.8 Å². The van der Waals surface area contributed by atoms with Crippen LogP contribution >= 0.6 is 11.3 Å². The fraction of sp³-hybridized carbons (Fsp3) is 0. The van der Waals surface area contributed by atoms with Crippen molar-refractivity contribution >= 4 is 113 Å². The van der Waals surface area contributed by atoms with Gasteiger partial charge >= 0.3 is 0 Å². The lowest BCUT2D eigenvalue weighted by atomic mass is 9.93. The number of nitrogens with zero attached hydrogens (tertiary/aromatic N) is 2. The van der Waals surface area contributed by atoms with Crippen molar-refractivity contribution in [3.63, 3.8) is 0 Å². The first-order chi connectivity index (χ1) is 30.3. The molecule has 2 aromatic heterocycles. The van der Waals surface area contributed by atoms with Crippen LogP contribution < -0.4 is 4.90 Å². The molecule has 0 unspecified atom stereocenters. The second kappa shape index (κ2) is 13.4. The molecule has 284 valence electrons. The molecule has 0 fully saturated rings. The minimum atomic E-state index is 1.11. The lowest BCUT2D eigenvalue weighted by Gasteiger charge is -2.27.